The summed E-state index contributed by atoms with van der Waals surface area (Å²) in [6.07, 6.45) is 0.657. The van der Waals surface area contributed by atoms with Crippen LogP contribution in [0.4, 0.5) is 10.1 Å². The molecule has 1 N–H and O–H groups in total. The lowest BCUT2D eigenvalue weighted by Gasteiger charge is -2.29. The van der Waals surface area contributed by atoms with Gasteiger partial charge in [0.05, 0.1) is 5.69 Å². The average molecular weight is 245 g/mol. The van der Waals surface area contributed by atoms with E-state index in [2.05, 4.69) is 5.32 Å². The highest BCUT2D eigenvalue weighted by Crippen LogP contribution is 2.20. The van der Waals surface area contributed by atoms with Crippen molar-refractivity contribution in [2.24, 2.45) is 0 Å². The van der Waals surface area contributed by atoms with Gasteiger partial charge >= 0.3 is 0 Å². The second-order valence-electron chi connectivity index (χ2n) is 3.57. The molecule has 1 heterocycles. The molecule has 1 aliphatic rings. The monoisotopic (exact) mass is 244 g/mol. The van der Waals surface area contributed by atoms with E-state index in [4.69, 9.17) is 0 Å². The molecule has 1 aliphatic heterocycles. The summed E-state index contributed by atoms with van der Waals surface area (Å²) in [6.45, 7) is 3.35. The van der Waals surface area contributed by atoms with E-state index in [1.807, 2.05) is 4.90 Å². The molecular formula is C11H14ClFN2O. The zero-order chi connectivity index (χ0) is 10.7. The van der Waals surface area contributed by atoms with Crippen molar-refractivity contribution in [3.8, 4) is 0 Å². The summed E-state index contributed by atoms with van der Waals surface area (Å²) < 4.78 is 13.6. The minimum absolute atomic E-state index is 0. The SMILES string of the molecule is Cl.O=Cc1ccc(N2CCNCC2)c(F)c1. The van der Waals surface area contributed by atoms with Crippen LogP contribution >= 0.6 is 12.4 Å². The van der Waals surface area contributed by atoms with Crippen LogP contribution in [0.15, 0.2) is 18.2 Å². The van der Waals surface area contributed by atoms with Gasteiger partial charge in [0.25, 0.3) is 0 Å². The predicted octanol–water partition coefficient (Wildman–Crippen LogP) is 1.47. The number of hydrogen-bond donors (Lipinski definition) is 1. The van der Waals surface area contributed by atoms with Gasteiger partial charge in [0, 0.05) is 31.7 Å². The van der Waals surface area contributed by atoms with Crippen molar-refractivity contribution in [2.45, 2.75) is 0 Å². The number of carbonyl (C=O) groups is 1. The van der Waals surface area contributed by atoms with Crippen molar-refractivity contribution in [1.29, 1.82) is 0 Å². The van der Waals surface area contributed by atoms with Crippen molar-refractivity contribution in [3.63, 3.8) is 0 Å². The lowest BCUT2D eigenvalue weighted by Crippen LogP contribution is -2.43. The topological polar surface area (TPSA) is 32.3 Å². The van der Waals surface area contributed by atoms with Crippen molar-refractivity contribution in [3.05, 3.63) is 29.6 Å². The molecule has 0 radical (unpaired) electrons. The Labute approximate surface area is 100 Å². The second kappa shape index (κ2) is 5.82. The standard InChI is InChI=1S/C11H13FN2O.ClH/c12-10-7-9(8-15)1-2-11(10)14-5-3-13-4-6-14;/h1-2,7-8,13H,3-6H2;1H. The second-order valence-corrected chi connectivity index (χ2v) is 3.57. The number of nitrogens with one attached hydrogen (secondary N) is 1. The van der Waals surface area contributed by atoms with Crippen LogP contribution in [-0.4, -0.2) is 32.5 Å². The highest BCUT2D eigenvalue weighted by atomic mass is 35.5. The lowest BCUT2D eigenvalue weighted by atomic mass is 10.2. The number of halogens is 2. The van der Waals surface area contributed by atoms with Gasteiger partial charge in [-0.25, -0.2) is 4.39 Å². The van der Waals surface area contributed by atoms with Crippen molar-refractivity contribution in [1.82, 2.24) is 5.32 Å². The molecule has 5 heteroatoms. The molecule has 0 atom stereocenters. The van der Waals surface area contributed by atoms with Crippen LogP contribution in [0.25, 0.3) is 0 Å². The highest BCUT2D eigenvalue weighted by molar-refractivity contribution is 5.85. The molecule has 16 heavy (non-hydrogen) atoms. The number of nitrogens with zero attached hydrogens (tertiary/aromatic N) is 1. The normalized spacial score (nSPS) is 15.4. The first-order chi connectivity index (χ1) is 7.31. The Bertz CT molecular complexity index is 367. The van der Waals surface area contributed by atoms with Gasteiger partial charge in [-0.05, 0) is 18.2 Å². The van der Waals surface area contributed by atoms with Gasteiger partial charge in [-0.2, -0.15) is 0 Å². The molecule has 0 unspecified atom stereocenters. The van der Waals surface area contributed by atoms with E-state index in [0.717, 1.165) is 26.2 Å². The van der Waals surface area contributed by atoms with Crippen molar-refractivity contribution >= 4 is 24.4 Å². The molecule has 0 aliphatic carbocycles. The zero-order valence-electron chi connectivity index (χ0n) is 8.78. The summed E-state index contributed by atoms with van der Waals surface area (Å²) in [4.78, 5) is 12.4. The van der Waals surface area contributed by atoms with Crippen molar-refractivity contribution < 1.29 is 9.18 Å². The fourth-order valence-electron chi connectivity index (χ4n) is 1.76. The summed E-state index contributed by atoms with van der Waals surface area (Å²) in [6, 6.07) is 4.60. The maximum atomic E-state index is 13.6. The van der Waals surface area contributed by atoms with Crippen LogP contribution in [0, 0.1) is 5.82 Å². The largest absolute Gasteiger partial charge is 0.367 e. The van der Waals surface area contributed by atoms with Crippen LogP contribution in [-0.2, 0) is 0 Å². The Morgan fingerprint density at radius 3 is 2.56 bits per heavy atom. The third kappa shape index (κ3) is 2.71. The molecule has 1 fully saturated rings. The van der Waals surface area contributed by atoms with E-state index in [1.54, 1.807) is 12.1 Å². The number of carbonyl (C=O) groups excluding carboxylic acids is 1. The zero-order valence-corrected chi connectivity index (χ0v) is 9.60. The highest BCUT2D eigenvalue weighted by Gasteiger charge is 2.14. The predicted molar refractivity (Wildman–Crippen MR) is 64.1 cm³/mol. The Morgan fingerprint density at radius 2 is 2.00 bits per heavy atom. The number of rotatable bonds is 2. The van der Waals surface area contributed by atoms with Crippen LogP contribution in [0.1, 0.15) is 10.4 Å². The first-order valence-corrected chi connectivity index (χ1v) is 5.01. The smallest absolute Gasteiger partial charge is 0.150 e. The van der Waals surface area contributed by atoms with Crippen LogP contribution in [0.5, 0.6) is 0 Å². The molecular weight excluding hydrogens is 231 g/mol. The lowest BCUT2D eigenvalue weighted by molar-refractivity contribution is 0.112. The molecule has 0 saturated carbocycles. The molecule has 1 saturated heterocycles. The Morgan fingerprint density at radius 1 is 1.31 bits per heavy atom. The minimum atomic E-state index is -0.318. The van der Waals surface area contributed by atoms with Gasteiger partial charge in [-0.1, -0.05) is 0 Å². The third-order valence-electron chi connectivity index (χ3n) is 2.57. The number of aldehydes is 1. The molecule has 0 amide bonds. The van der Waals surface area contributed by atoms with E-state index in [1.165, 1.54) is 6.07 Å². The summed E-state index contributed by atoms with van der Waals surface area (Å²) in [5.41, 5.74) is 0.966. The summed E-state index contributed by atoms with van der Waals surface area (Å²) in [7, 11) is 0. The van der Waals surface area contributed by atoms with E-state index >= 15 is 0 Å². The molecule has 88 valence electrons. The van der Waals surface area contributed by atoms with Gasteiger partial charge in [-0.3, -0.25) is 4.79 Å². The van der Waals surface area contributed by atoms with E-state index < -0.39 is 0 Å². The van der Waals surface area contributed by atoms with Crippen LogP contribution < -0.4 is 10.2 Å². The van der Waals surface area contributed by atoms with E-state index in [0.29, 0.717) is 17.5 Å². The van der Waals surface area contributed by atoms with Crippen LogP contribution in [0.2, 0.25) is 0 Å². The first-order valence-electron chi connectivity index (χ1n) is 5.01. The fraction of sp³-hybridized carbons (Fsp3) is 0.364. The Kier molecular flexibility index (Phi) is 4.71. The van der Waals surface area contributed by atoms with Gasteiger partial charge in [0.15, 0.2) is 0 Å². The van der Waals surface area contributed by atoms with E-state index in [-0.39, 0.29) is 18.2 Å². The Hall–Kier alpha value is -1.13. The first kappa shape index (κ1) is 12.9. The molecule has 2 rings (SSSR count). The summed E-state index contributed by atoms with van der Waals surface area (Å²) >= 11 is 0. The van der Waals surface area contributed by atoms with Gasteiger partial charge in [0.1, 0.15) is 12.1 Å². The van der Waals surface area contributed by atoms with Crippen molar-refractivity contribution in [2.75, 3.05) is 31.1 Å². The van der Waals surface area contributed by atoms with Gasteiger partial charge in [0.2, 0.25) is 0 Å². The number of benzene rings is 1. The number of anilines is 1. The minimum Gasteiger partial charge on any atom is -0.367 e. The molecule has 1 aromatic carbocycles. The summed E-state index contributed by atoms with van der Waals surface area (Å²) in [5, 5.41) is 3.21. The Balaban J connectivity index is 0.00000128. The fourth-order valence-corrected chi connectivity index (χ4v) is 1.76. The van der Waals surface area contributed by atoms with Gasteiger partial charge < -0.3 is 10.2 Å². The quantitative estimate of drug-likeness (QED) is 0.800. The third-order valence-corrected chi connectivity index (χ3v) is 2.57. The summed E-state index contributed by atoms with van der Waals surface area (Å²) in [5.74, 6) is -0.318. The molecule has 1 aromatic rings. The maximum Gasteiger partial charge on any atom is 0.150 e. The number of piperazine rings is 1. The molecule has 3 nitrogen and oxygen atoms in total. The number of hydrogen-bond acceptors (Lipinski definition) is 3. The molecule has 0 spiro atoms. The van der Waals surface area contributed by atoms with Crippen LogP contribution in [0.3, 0.4) is 0 Å². The van der Waals surface area contributed by atoms with Gasteiger partial charge in [-0.15, -0.1) is 12.4 Å². The molecule has 0 bridgehead atoms. The average Bonchev–Trinajstić information content (AvgIpc) is 2.30. The maximum absolute atomic E-state index is 13.6. The van der Waals surface area contributed by atoms with E-state index in [9.17, 15) is 9.18 Å². The molecule has 0 aromatic heterocycles.